The highest BCUT2D eigenvalue weighted by Crippen LogP contribution is 2.20. The number of nitrogens with zero attached hydrogens (tertiary/aromatic N) is 1. The molecule has 0 aliphatic carbocycles. The Kier molecular flexibility index (Phi) is 3.63. The molecular formula is C11H16N2O3S. The molecule has 0 aromatic carbocycles. The predicted molar refractivity (Wildman–Crippen MR) is 64.8 cm³/mol. The van der Waals surface area contributed by atoms with E-state index in [1.165, 1.54) is 6.26 Å². The minimum atomic E-state index is -3.24. The second-order valence-electron chi connectivity index (χ2n) is 4.15. The van der Waals surface area contributed by atoms with Crippen molar-refractivity contribution in [3.8, 4) is 0 Å². The van der Waals surface area contributed by atoms with Gasteiger partial charge in [-0.25, -0.2) is 13.4 Å². The van der Waals surface area contributed by atoms with Gasteiger partial charge in [-0.15, -0.1) is 0 Å². The molecule has 2 heterocycles. The van der Waals surface area contributed by atoms with Crippen LogP contribution >= 0.6 is 0 Å². The number of sulfone groups is 1. The lowest BCUT2D eigenvalue weighted by Crippen LogP contribution is -2.28. The fourth-order valence-corrected chi connectivity index (χ4v) is 2.62. The Morgan fingerprint density at radius 3 is 2.76 bits per heavy atom. The normalized spacial score (nSPS) is 17.9. The van der Waals surface area contributed by atoms with Gasteiger partial charge in [-0.3, -0.25) is 0 Å². The molecule has 0 spiro atoms. The lowest BCUT2D eigenvalue weighted by Gasteiger charge is -2.24. The van der Waals surface area contributed by atoms with Gasteiger partial charge in [0.05, 0.1) is 0 Å². The molecule has 0 radical (unpaired) electrons. The Hall–Kier alpha value is -1.14. The van der Waals surface area contributed by atoms with Crippen molar-refractivity contribution in [3.05, 3.63) is 18.3 Å². The largest absolute Gasteiger partial charge is 0.381 e. The third-order valence-corrected chi connectivity index (χ3v) is 3.86. The Labute approximate surface area is 101 Å². The summed E-state index contributed by atoms with van der Waals surface area (Å²) in [6.45, 7) is 1.41. The molecule has 0 atom stereocenters. The number of hydrogen-bond acceptors (Lipinski definition) is 5. The van der Waals surface area contributed by atoms with E-state index in [1.54, 1.807) is 18.3 Å². The Bertz CT molecular complexity index is 481. The highest BCUT2D eigenvalue weighted by atomic mass is 32.2. The standard InChI is InChI=1S/C11H16N2O3S/c1-17(14,15)10-3-2-6-12-11(10)13-9-4-7-16-8-5-9/h2-3,6,9H,4-5,7-8H2,1H3,(H,12,13). The highest BCUT2D eigenvalue weighted by Gasteiger charge is 2.18. The Balaban J connectivity index is 2.20. The van der Waals surface area contributed by atoms with Gasteiger partial charge in [0.15, 0.2) is 9.84 Å². The van der Waals surface area contributed by atoms with Crippen molar-refractivity contribution in [2.75, 3.05) is 24.8 Å². The first-order valence-corrected chi connectivity index (χ1v) is 7.46. The molecule has 1 saturated heterocycles. The third kappa shape index (κ3) is 3.17. The van der Waals surface area contributed by atoms with Crippen LogP contribution in [0.25, 0.3) is 0 Å². The van der Waals surface area contributed by atoms with Crippen LogP contribution in [0, 0.1) is 0 Å². The number of ether oxygens (including phenoxy) is 1. The number of nitrogens with one attached hydrogen (secondary N) is 1. The zero-order chi connectivity index (χ0) is 12.3. The smallest absolute Gasteiger partial charge is 0.179 e. The van der Waals surface area contributed by atoms with Crippen molar-refractivity contribution < 1.29 is 13.2 Å². The molecule has 1 N–H and O–H groups in total. The maximum Gasteiger partial charge on any atom is 0.179 e. The first kappa shape index (κ1) is 12.3. The summed E-state index contributed by atoms with van der Waals surface area (Å²) in [5, 5.41) is 3.19. The van der Waals surface area contributed by atoms with E-state index in [1.807, 2.05) is 0 Å². The number of anilines is 1. The fourth-order valence-electron chi connectivity index (χ4n) is 1.83. The van der Waals surface area contributed by atoms with Gasteiger partial charge in [0.25, 0.3) is 0 Å². The van der Waals surface area contributed by atoms with Crippen molar-refractivity contribution in [1.82, 2.24) is 4.98 Å². The lowest BCUT2D eigenvalue weighted by atomic mass is 10.1. The van der Waals surface area contributed by atoms with Gasteiger partial charge in [0.2, 0.25) is 0 Å². The molecule has 1 aliphatic rings. The predicted octanol–water partition coefficient (Wildman–Crippen LogP) is 1.08. The van der Waals surface area contributed by atoms with Gasteiger partial charge in [-0.05, 0) is 25.0 Å². The molecule has 94 valence electrons. The fraction of sp³-hybridized carbons (Fsp3) is 0.545. The molecule has 5 nitrogen and oxygen atoms in total. The maximum atomic E-state index is 11.6. The van der Waals surface area contributed by atoms with E-state index in [0.29, 0.717) is 19.0 Å². The number of aromatic nitrogens is 1. The van der Waals surface area contributed by atoms with Crippen molar-refractivity contribution in [3.63, 3.8) is 0 Å². The molecule has 6 heteroatoms. The first-order valence-electron chi connectivity index (χ1n) is 5.57. The molecule has 1 fully saturated rings. The quantitative estimate of drug-likeness (QED) is 0.876. The van der Waals surface area contributed by atoms with E-state index < -0.39 is 9.84 Å². The summed E-state index contributed by atoms with van der Waals surface area (Å²) in [4.78, 5) is 4.36. The zero-order valence-electron chi connectivity index (χ0n) is 9.72. The van der Waals surface area contributed by atoms with Gasteiger partial charge < -0.3 is 10.1 Å². The maximum absolute atomic E-state index is 11.6. The summed E-state index contributed by atoms with van der Waals surface area (Å²) in [6.07, 6.45) is 4.54. The molecule has 0 saturated carbocycles. The molecule has 2 rings (SSSR count). The molecule has 1 aliphatic heterocycles. The van der Waals surface area contributed by atoms with E-state index >= 15 is 0 Å². The Morgan fingerprint density at radius 2 is 2.12 bits per heavy atom. The second kappa shape index (κ2) is 5.01. The van der Waals surface area contributed by atoms with Crippen molar-refractivity contribution in [2.24, 2.45) is 0 Å². The summed E-state index contributed by atoms with van der Waals surface area (Å²) in [7, 11) is -3.24. The first-order chi connectivity index (χ1) is 8.07. The molecule has 0 unspecified atom stereocenters. The number of rotatable bonds is 3. The van der Waals surface area contributed by atoms with Crippen LogP contribution in [0.5, 0.6) is 0 Å². The van der Waals surface area contributed by atoms with Crippen molar-refractivity contribution in [1.29, 1.82) is 0 Å². The van der Waals surface area contributed by atoms with E-state index in [9.17, 15) is 8.42 Å². The molecule has 1 aromatic rings. The average molecular weight is 256 g/mol. The van der Waals surface area contributed by atoms with E-state index in [-0.39, 0.29) is 10.9 Å². The second-order valence-corrected chi connectivity index (χ2v) is 6.14. The molecule has 0 bridgehead atoms. The third-order valence-electron chi connectivity index (χ3n) is 2.73. The molecule has 0 amide bonds. The van der Waals surface area contributed by atoms with Crippen molar-refractivity contribution >= 4 is 15.7 Å². The van der Waals surface area contributed by atoms with Crippen LogP contribution in [0.4, 0.5) is 5.82 Å². The summed E-state index contributed by atoms with van der Waals surface area (Å²) < 4.78 is 28.4. The average Bonchev–Trinajstić information content (AvgIpc) is 2.30. The molecule has 1 aromatic heterocycles. The van der Waals surface area contributed by atoms with E-state index in [0.717, 1.165) is 12.8 Å². The minimum Gasteiger partial charge on any atom is -0.381 e. The summed E-state index contributed by atoms with van der Waals surface area (Å²) in [6, 6.07) is 3.44. The minimum absolute atomic E-state index is 0.235. The van der Waals surface area contributed by atoms with Gasteiger partial charge >= 0.3 is 0 Å². The van der Waals surface area contributed by atoms with Gasteiger partial charge in [0, 0.05) is 31.7 Å². The van der Waals surface area contributed by atoms with Crippen LogP contribution in [0.2, 0.25) is 0 Å². The molecule has 17 heavy (non-hydrogen) atoms. The lowest BCUT2D eigenvalue weighted by molar-refractivity contribution is 0.0903. The highest BCUT2D eigenvalue weighted by molar-refractivity contribution is 7.90. The summed E-state index contributed by atoms with van der Waals surface area (Å²) >= 11 is 0. The van der Waals surface area contributed by atoms with Crippen molar-refractivity contribution in [2.45, 2.75) is 23.8 Å². The number of pyridine rings is 1. The van der Waals surface area contributed by atoms with Crippen LogP contribution < -0.4 is 5.32 Å². The van der Waals surface area contributed by atoms with Gasteiger partial charge in [-0.2, -0.15) is 0 Å². The van der Waals surface area contributed by atoms with Crippen LogP contribution in [-0.2, 0) is 14.6 Å². The van der Waals surface area contributed by atoms with Crippen LogP contribution in [0.15, 0.2) is 23.2 Å². The number of hydrogen-bond donors (Lipinski definition) is 1. The SMILES string of the molecule is CS(=O)(=O)c1cccnc1NC1CCOCC1. The summed E-state index contributed by atoms with van der Waals surface area (Å²) in [5.74, 6) is 0.446. The van der Waals surface area contributed by atoms with Crippen LogP contribution in [0.3, 0.4) is 0 Å². The molecular weight excluding hydrogens is 240 g/mol. The van der Waals surface area contributed by atoms with E-state index in [2.05, 4.69) is 10.3 Å². The zero-order valence-corrected chi connectivity index (χ0v) is 10.5. The van der Waals surface area contributed by atoms with Gasteiger partial charge in [-0.1, -0.05) is 0 Å². The summed E-state index contributed by atoms with van der Waals surface area (Å²) in [5.41, 5.74) is 0. The van der Waals surface area contributed by atoms with E-state index in [4.69, 9.17) is 4.74 Å². The monoisotopic (exact) mass is 256 g/mol. The van der Waals surface area contributed by atoms with Crippen LogP contribution in [-0.4, -0.2) is 38.9 Å². The topological polar surface area (TPSA) is 68.3 Å². The van der Waals surface area contributed by atoms with Crippen LogP contribution in [0.1, 0.15) is 12.8 Å². The Morgan fingerprint density at radius 1 is 1.41 bits per heavy atom. The van der Waals surface area contributed by atoms with Gasteiger partial charge in [0.1, 0.15) is 10.7 Å².